The molecule has 2 aromatic rings. The molecule has 0 amide bonds. The Morgan fingerprint density at radius 1 is 1.12 bits per heavy atom. The van der Waals surface area contributed by atoms with Crippen LogP contribution in [-0.4, -0.2) is 26.0 Å². The van der Waals surface area contributed by atoms with Gasteiger partial charge in [0.15, 0.2) is 0 Å². The molecular formula is C17H16F3NO4S. The minimum Gasteiger partial charge on any atom is -0.481 e. The Morgan fingerprint density at radius 3 is 2.27 bits per heavy atom. The maximum atomic E-state index is 12.9. The maximum Gasteiger partial charge on any atom is 0.416 e. The average molecular weight is 387 g/mol. The molecule has 140 valence electrons. The monoisotopic (exact) mass is 387 g/mol. The van der Waals surface area contributed by atoms with E-state index in [1.165, 1.54) is 18.2 Å². The zero-order valence-corrected chi connectivity index (χ0v) is 14.5. The summed E-state index contributed by atoms with van der Waals surface area (Å²) in [4.78, 5) is 10.7. The molecule has 0 atom stereocenters. The lowest BCUT2D eigenvalue weighted by molar-refractivity contribution is -0.138. The number of benzene rings is 2. The zero-order valence-electron chi connectivity index (χ0n) is 13.7. The first-order valence-corrected chi connectivity index (χ1v) is 8.94. The highest BCUT2D eigenvalue weighted by molar-refractivity contribution is 7.92. The van der Waals surface area contributed by atoms with E-state index in [9.17, 15) is 26.4 Å². The number of aryl methyl sites for hydroxylation is 1. The Bertz CT molecular complexity index is 893. The second kappa shape index (κ2) is 7.36. The Morgan fingerprint density at radius 2 is 1.73 bits per heavy atom. The zero-order chi connectivity index (χ0) is 19.5. The highest BCUT2D eigenvalue weighted by Gasteiger charge is 2.32. The highest BCUT2D eigenvalue weighted by atomic mass is 32.2. The molecule has 0 bridgehead atoms. The predicted molar refractivity (Wildman–Crippen MR) is 89.4 cm³/mol. The van der Waals surface area contributed by atoms with Crippen LogP contribution in [0.2, 0.25) is 0 Å². The van der Waals surface area contributed by atoms with Gasteiger partial charge in [-0.15, -0.1) is 0 Å². The van der Waals surface area contributed by atoms with Crippen molar-refractivity contribution in [3.8, 4) is 0 Å². The van der Waals surface area contributed by atoms with Gasteiger partial charge in [0.25, 0.3) is 10.0 Å². The van der Waals surface area contributed by atoms with E-state index in [-0.39, 0.29) is 10.6 Å². The van der Waals surface area contributed by atoms with Crippen molar-refractivity contribution in [3.05, 3.63) is 59.7 Å². The van der Waals surface area contributed by atoms with Crippen LogP contribution >= 0.6 is 0 Å². The lowest BCUT2D eigenvalue weighted by Crippen LogP contribution is -2.33. The van der Waals surface area contributed by atoms with Gasteiger partial charge in [0.2, 0.25) is 0 Å². The van der Waals surface area contributed by atoms with E-state index >= 15 is 0 Å². The Balaban J connectivity index is 2.53. The third-order valence-corrected chi connectivity index (χ3v) is 5.44. The molecule has 0 aromatic heterocycles. The highest BCUT2D eigenvalue weighted by Crippen LogP contribution is 2.33. The second-order valence-electron chi connectivity index (χ2n) is 5.58. The molecule has 0 aliphatic carbocycles. The SMILES string of the molecule is Cc1ccc(S(=O)(=O)N(CCC(=O)O)c2cccc(C(F)(F)F)c2)cc1. The molecule has 0 saturated carbocycles. The van der Waals surface area contributed by atoms with E-state index < -0.39 is 40.7 Å². The van der Waals surface area contributed by atoms with E-state index in [0.29, 0.717) is 10.4 Å². The number of aliphatic carboxylic acids is 1. The fourth-order valence-electron chi connectivity index (χ4n) is 2.26. The van der Waals surface area contributed by atoms with Gasteiger partial charge in [-0.3, -0.25) is 9.10 Å². The molecule has 26 heavy (non-hydrogen) atoms. The summed E-state index contributed by atoms with van der Waals surface area (Å²) < 4.78 is 65.3. The Hall–Kier alpha value is -2.55. The maximum absolute atomic E-state index is 12.9. The van der Waals surface area contributed by atoms with Crippen molar-refractivity contribution < 1.29 is 31.5 Å². The number of hydrogen-bond donors (Lipinski definition) is 1. The number of carbonyl (C=O) groups is 1. The number of anilines is 1. The summed E-state index contributed by atoms with van der Waals surface area (Å²) in [5.41, 5.74) is -0.462. The van der Waals surface area contributed by atoms with Crippen molar-refractivity contribution in [2.45, 2.75) is 24.4 Å². The van der Waals surface area contributed by atoms with Crippen LogP contribution in [0, 0.1) is 6.92 Å². The van der Waals surface area contributed by atoms with Gasteiger partial charge in [0.1, 0.15) is 0 Å². The average Bonchev–Trinajstić information content (AvgIpc) is 2.54. The van der Waals surface area contributed by atoms with Crippen LogP contribution in [0.15, 0.2) is 53.4 Å². The van der Waals surface area contributed by atoms with Crippen LogP contribution < -0.4 is 4.31 Å². The topological polar surface area (TPSA) is 74.7 Å². The van der Waals surface area contributed by atoms with Crippen LogP contribution in [0.1, 0.15) is 17.5 Å². The summed E-state index contributed by atoms with van der Waals surface area (Å²) in [6, 6.07) is 9.53. The minimum atomic E-state index is -4.65. The van der Waals surface area contributed by atoms with Gasteiger partial charge in [0, 0.05) is 6.54 Å². The fraction of sp³-hybridized carbons (Fsp3) is 0.235. The number of carboxylic acid groups (broad SMARTS) is 1. The molecule has 0 heterocycles. The van der Waals surface area contributed by atoms with Crippen molar-refractivity contribution in [3.63, 3.8) is 0 Å². The standard InChI is InChI=1S/C17H16F3NO4S/c1-12-5-7-15(8-6-12)26(24,25)21(10-9-16(22)23)14-4-2-3-13(11-14)17(18,19)20/h2-8,11H,9-10H2,1H3,(H,22,23). The van der Waals surface area contributed by atoms with Crippen LogP contribution in [-0.2, 0) is 21.0 Å². The van der Waals surface area contributed by atoms with Gasteiger partial charge in [-0.25, -0.2) is 8.42 Å². The second-order valence-corrected chi connectivity index (χ2v) is 7.44. The largest absolute Gasteiger partial charge is 0.481 e. The fourth-order valence-corrected chi connectivity index (χ4v) is 3.72. The summed E-state index contributed by atoms with van der Waals surface area (Å²) in [5, 5.41) is 8.86. The summed E-state index contributed by atoms with van der Waals surface area (Å²) >= 11 is 0. The van der Waals surface area contributed by atoms with Crippen LogP contribution in [0.3, 0.4) is 0 Å². The van der Waals surface area contributed by atoms with Crippen LogP contribution in [0.5, 0.6) is 0 Å². The number of nitrogens with zero attached hydrogens (tertiary/aromatic N) is 1. The molecule has 0 fully saturated rings. The van der Waals surface area contributed by atoms with Crippen molar-refractivity contribution in [2.75, 3.05) is 10.8 Å². The van der Waals surface area contributed by atoms with Crippen molar-refractivity contribution in [2.24, 2.45) is 0 Å². The number of rotatable bonds is 6. The van der Waals surface area contributed by atoms with E-state index in [2.05, 4.69) is 0 Å². The predicted octanol–water partition coefficient (Wildman–Crippen LogP) is 3.68. The Labute approximate surface area is 148 Å². The lowest BCUT2D eigenvalue weighted by atomic mass is 10.2. The van der Waals surface area contributed by atoms with Crippen LogP contribution in [0.4, 0.5) is 18.9 Å². The number of carboxylic acids is 1. The first kappa shape index (κ1) is 19.8. The van der Waals surface area contributed by atoms with Gasteiger partial charge in [-0.2, -0.15) is 13.2 Å². The van der Waals surface area contributed by atoms with Crippen molar-refractivity contribution in [1.82, 2.24) is 0 Å². The van der Waals surface area contributed by atoms with Gasteiger partial charge in [-0.1, -0.05) is 23.8 Å². The molecule has 0 aliphatic rings. The summed E-state index contributed by atoms with van der Waals surface area (Å²) in [6.45, 7) is 1.26. The molecule has 0 radical (unpaired) electrons. The van der Waals surface area contributed by atoms with Crippen molar-refractivity contribution >= 4 is 21.7 Å². The summed E-state index contributed by atoms with van der Waals surface area (Å²) in [7, 11) is -4.23. The van der Waals surface area contributed by atoms with Crippen molar-refractivity contribution in [1.29, 1.82) is 0 Å². The Kier molecular flexibility index (Phi) is 5.60. The first-order chi connectivity index (χ1) is 12.0. The van der Waals surface area contributed by atoms with E-state index in [4.69, 9.17) is 5.11 Å². The normalized spacial score (nSPS) is 12.0. The number of alkyl halides is 3. The molecule has 9 heteroatoms. The smallest absolute Gasteiger partial charge is 0.416 e. The molecule has 0 aliphatic heterocycles. The molecule has 0 spiro atoms. The molecular weight excluding hydrogens is 371 g/mol. The minimum absolute atomic E-state index is 0.133. The number of halogens is 3. The summed E-state index contributed by atoms with van der Waals surface area (Å²) in [5.74, 6) is -1.26. The van der Waals surface area contributed by atoms with E-state index in [1.807, 2.05) is 0 Å². The molecule has 0 saturated heterocycles. The van der Waals surface area contributed by atoms with Gasteiger partial charge >= 0.3 is 12.1 Å². The lowest BCUT2D eigenvalue weighted by Gasteiger charge is -2.24. The molecule has 1 N–H and O–H groups in total. The summed E-state index contributed by atoms with van der Waals surface area (Å²) in [6.07, 6.45) is -5.20. The third kappa shape index (κ3) is 4.54. The van der Waals surface area contributed by atoms with Crippen LogP contribution in [0.25, 0.3) is 0 Å². The van der Waals surface area contributed by atoms with E-state index in [0.717, 1.165) is 17.7 Å². The van der Waals surface area contributed by atoms with Gasteiger partial charge in [-0.05, 0) is 37.3 Å². The number of hydrogen-bond acceptors (Lipinski definition) is 3. The molecule has 2 aromatic carbocycles. The molecule has 5 nitrogen and oxygen atoms in total. The van der Waals surface area contributed by atoms with E-state index in [1.54, 1.807) is 19.1 Å². The quantitative estimate of drug-likeness (QED) is 0.821. The third-order valence-electron chi connectivity index (χ3n) is 3.60. The van der Waals surface area contributed by atoms with Gasteiger partial charge < -0.3 is 5.11 Å². The molecule has 0 unspecified atom stereocenters. The van der Waals surface area contributed by atoms with Gasteiger partial charge in [0.05, 0.1) is 22.6 Å². The first-order valence-electron chi connectivity index (χ1n) is 7.50. The molecule has 2 rings (SSSR count). The number of sulfonamides is 1.